The third-order valence-electron chi connectivity index (χ3n) is 12.3. The summed E-state index contributed by atoms with van der Waals surface area (Å²) in [5.74, 6) is 0. The Bertz CT molecular complexity index is 3020. The molecule has 0 saturated heterocycles. The van der Waals surface area contributed by atoms with E-state index in [4.69, 9.17) is 0 Å². The number of hydrogen-bond donors (Lipinski definition) is 0. The normalized spacial score (nSPS) is 13.0. The lowest BCUT2D eigenvalue weighted by atomic mass is 9.64. The number of hydrogen-bond acceptors (Lipinski definition) is 1. The Kier molecular flexibility index (Phi) is 8.56. The van der Waals surface area contributed by atoms with Crippen molar-refractivity contribution in [1.82, 2.24) is 0 Å². The van der Waals surface area contributed by atoms with Crippen molar-refractivity contribution in [2.45, 2.75) is 28.0 Å². The number of benzene rings is 10. The van der Waals surface area contributed by atoms with Crippen LogP contribution < -0.4 is 0 Å². The molecule has 10 aromatic carbocycles. The van der Waals surface area contributed by atoms with Crippen molar-refractivity contribution in [2.75, 3.05) is 0 Å². The van der Waals surface area contributed by atoms with Gasteiger partial charge in [0.2, 0.25) is 0 Å². The molecule has 1 heteroatoms. The van der Waals surface area contributed by atoms with Crippen molar-refractivity contribution >= 4 is 44.1 Å². The molecule has 1 aliphatic heterocycles. The molecule has 0 nitrogen and oxygen atoms in total. The van der Waals surface area contributed by atoms with E-state index in [0.29, 0.717) is 0 Å². The highest BCUT2D eigenvalue weighted by molar-refractivity contribution is 7.99. The molecule has 0 aliphatic carbocycles. The standard InChI is InChI=1S/C57H40S/c1-3-11-41(12-4-1)43-23-19-39(20-24-43)37-57(55-51-17-9-7-15-45(51)31-33-53(55)58-54-34-32-46-16-8-10-18-52(46)56(54)57)38-40-21-25-44(26-22-40)48-28-30-49-35-47(27-29-50(49)36-48)42-13-5-2-6-14-42/h1-36H,37-38H2. The lowest BCUT2D eigenvalue weighted by Crippen LogP contribution is -2.36. The van der Waals surface area contributed by atoms with Crippen molar-refractivity contribution in [2.24, 2.45) is 0 Å². The highest BCUT2D eigenvalue weighted by Gasteiger charge is 2.43. The largest absolute Gasteiger partial charge is 0.0894 e. The molecule has 10 aromatic rings. The summed E-state index contributed by atoms with van der Waals surface area (Å²) < 4.78 is 0. The average Bonchev–Trinajstić information content (AvgIpc) is 3.29. The summed E-state index contributed by atoms with van der Waals surface area (Å²) in [7, 11) is 0. The van der Waals surface area contributed by atoms with Crippen LogP contribution in [0.4, 0.5) is 0 Å². The summed E-state index contributed by atoms with van der Waals surface area (Å²) in [6.07, 6.45) is 1.75. The zero-order valence-corrected chi connectivity index (χ0v) is 32.9. The van der Waals surface area contributed by atoms with E-state index < -0.39 is 0 Å². The third-order valence-corrected chi connectivity index (χ3v) is 13.4. The number of rotatable bonds is 7. The smallest absolute Gasteiger partial charge is 0.0318 e. The van der Waals surface area contributed by atoms with Gasteiger partial charge in [-0.1, -0.05) is 206 Å². The van der Waals surface area contributed by atoms with Crippen LogP contribution in [0.5, 0.6) is 0 Å². The maximum absolute atomic E-state index is 2.38. The van der Waals surface area contributed by atoms with Gasteiger partial charge in [-0.05, 0) is 125 Å². The first-order valence-electron chi connectivity index (χ1n) is 20.2. The van der Waals surface area contributed by atoms with E-state index in [2.05, 4.69) is 218 Å². The molecule has 0 spiro atoms. The van der Waals surface area contributed by atoms with Crippen molar-refractivity contribution in [3.63, 3.8) is 0 Å². The minimum atomic E-state index is -0.340. The van der Waals surface area contributed by atoms with Crippen LogP contribution in [0.3, 0.4) is 0 Å². The van der Waals surface area contributed by atoms with Gasteiger partial charge >= 0.3 is 0 Å². The van der Waals surface area contributed by atoms with E-state index in [-0.39, 0.29) is 5.41 Å². The van der Waals surface area contributed by atoms with Crippen LogP contribution in [0.15, 0.2) is 228 Å². The Labute approximate surface area is 344 Å². The van der Waals surface area contributed by atoms with Crippen LogP contribution in [-0.4, -0.2) is 0 Å². The first kappa shape index (κ1) is 34.6. The zero-order valence-electron chi connectivity index (χ0n) is 32.1. The van der Waals surface area contributed by atoms with Crippen LogP contribution in [0.1, 0.15) is 22.3 Å². The molecule has 0 fully saturated rings. The predicted octanol–water partition coefficient (Wildman–Crippen LogP) is 15.4. The highest BCUT2D eigenvalue weighted by Crippen LogP contribution is 2.56. The van der Waals surface area contributed by atoms with Crippen molar-refractivity contribution in [3.8, 4) is 33.4 Å². The fourth-order valence-electron chi connectivity index (χ4n) is 9.51. The molecule has 11 rings (SSSR count). The minimum absolute atomic E-state index is 0.340. The van der Waals surface area contributed by atoms with Gasteiger partial charge in [0.15, 0.2) is 0 Å². The molecule has 0 saturated carbocycles. The molecule has 274 valence electrons. The van der Waals surface area contributed by atoms with E-state index in [0.717, 1.165) is 12.8 Å². The Hall–Kier alpha value is -6.67. The van der Waals surface area contributed by atoms with Gasteiger partial charge in [0.05, 0.1) is 0 Å². The molecule has 0 aromatic heterocycles. The van der Waals surface area contributed by atoms with Gasteiger partial charge in [-0.15, -0.1) is 0 Å². The second-order valence-corrected chi connectivity index (χ2v) is 16.8. The summed E-state index contributed by atoms with van der Waals surface area (Å²) in [6, 6.07) is 81.2. The molecule has 1 heterocycles. The lowest BCUT2D eigenvalue weighted by molar-refractivity contribution is 0.494. The molecule has 0 unspecified atom stereocenters. The van der Waals surface area contributed by atoms with Crippen molar-refractivity contribution in [1.29, 1.82) is 0 Å². The second kappa shape index (κ2) is 14.4. The van der Waals surface area contributed by atoms with Gasteiger partial charge in [-0.3, -0.25) is 0 Å². The van der Waals surface area contributed by atoms with Crippen LogP contribution >= 0.6 is 11.8 Å². The SMILES string of the molecule is c1ccc(-c2ccc(CC3(Cc4ccc(-c5ccc6cc(-c7ccccc7)ccc6c5)cc4)c4c(ccc5ccccc45)Sc4ccc5ccccc5c43)cc2)cc1. The second-order valence-electron chi connectivity index (χ2n) is 15.8. The van der Waals surface area contributed by atoms with Gasteiger partial charge in [0, 0.05) is 15.2 Å². The monoisotopic (exact) mass is 756 g/mol. The summed E-state index contributed by atoms with van der Waals surface area (Å²) in [6.45, 7) is 0. The van der Waals surface area contributed by atoms with Crippen molar-refractivity contribution < 1.29 is 0 Å². The molecular weight excluding hydrogens is 717 g/mol. The van der Waals surface area contributed by atoms with Crippen molar-refractivity contribution in [3.05, 3.63) is 241 Å². The quantitative estimate of drug-likeness (QED) is 0.156. The number of fused-ring (bicyclic) bond motifs is 7. The summed E-state index contributed by atoms with van der Waals surface area (Å²) in [5.41, 5.74) is 12.7. The van der Waals surface area contributed by atoms with Gasteiger partial charge in [-0.2, -0.15) is 0 Å². The van der Waals surface area contributed by atoms with E-state index in [9.17, 15) is 0 Å². The summed E-state index contributed by atoms with van der Waals surface area (Å²) >= 11 is 1.94. The Morgan fingerprint density at radius 3 is 1.14 bits per heavy atom. The van der Waals surface area contributed by atoms with Crippen LogP contribution in [-0.2, 0) is 18.3 Å². The van der Waals surface area contributed by atoms with E-state index in [1.165, 1.54) is 97.7 Å². The fourth-order valence-corrected chi connectivity index (χ4v) is 10.8. The minimum Gasteiger partial charge on any atom is -0.0894 e. The maximum atomic E-state index is 2.38. The van der Waals surface area contributed by atoms with Gasteiger partial charge in [0.25, 0.3) is 0 Å². The topological polar surface area (TPSA) is 0 Å². The van der Waals surface area contributed by atoms with Gasteiger partial charge in [0.1, 0.15) is 0 Å². The van der Waals surface area contributed by atoms with Gasteiger partial charge in [-0.25, -0.2) is 0 Å². The van der Waals surface area contributed by atoms with E-state index in [1.807, 2.05) is 11.8 Å². The molecule has 0 bridgehead atoms. The Morgan fingerprint density at radius 1 is 0.293 bits per heavy atom. The molecular formula is C57H40S. The molecule has 0 N–H and O–H groups in total. The first-order chi connectivity index (χ1) is 28.7. The maximum Gasteiger partial charge on any atom is 0.0318 e. The van der Waals surface area contributed by atoms with Crippen LogP contribution in [0, 0.1) is 0 Å². The van der Waals surface area contributed by atoms with E-state index in [1.54, 1.807) is 0 Å². The van der Waals surface area contributed by atoms with Gasteiger partial charge < -0.3 is 0 Å². The molecule has 0 amide bonds. The van der Waals surface area contributed by atoms with Crippen LogP contribution in [0.2, 0.25) is 0 Å². The Balaban J connectivity index is 1.05. The van der Waals surface area contributed by atoms with Crippen LogP contribution in [0.25, 0.3) is 65.7 Å². The molecule has 0 atom stereocenters. The summed E-state index contributed by atoms with van der Waals surface area (Å²) in [4.78, 5) is 2.70. The Morgan fingerprint density at radius 2 is 0.655 bits per heavy atom. The van der Waals surface area contributed by atoms with E-state index >= 15 is 0 Å². The lowest BCUT2D eigenvalue weighted by Gasteiger charge is -2.43. The molecule has 58 heavy (non-hydrogen) atoms. The third kappa shape index (κ3) is 6.11. The average molecular weight is 757 g/mol. The molecule has 1 aliphatic rings. The highest BCUT2D eigenvalue weighted by atomic mass is 32.2. The first-order valence-corrected chi connectivity index (χ1v) is 21.1. The summed E-state index contributed by atoms with van der Waals surface area (Å²) in [5, 5.41) is 7.77. The fraction of sp³-hybridized carbons (Fsp3) is 0.0526. The molecule has 0 radical (unpaired) electrons. The zero-order chi connectivity index (χ0) is 38.5. The predicted molar refractivity (Wildman–Crippen MR) is 247 cm³/mol.